The van der Waals surface area contributed by atoms with Crippen LogP contribution in [0.3, 0.4) is 0 Å². The minimum Gasteiger partial charge on any atom is -0.478 e. The van der Waals surface area contributed by atoms with Gasteiger partial charge in [0.1, 0.15) is 0 Å². The van der Waals surface area contributed by atoms with Gasteiger partial charge in [0.2, 0.25) is 0 Å². The zero-order valence-electron chi connectivity index (χ0n) is 9.63. The molecule has 2 rings (SSSR count). The molecular formula is C12H11ClN2O2S. The van der Waals surface area contributed by atoms with Crippen LogP contribution in [0.1, 0.15) is 16.1 Å². The van der Waals surface area contributed by atoms with E-state index < -0.39 is 5.97 Å². The van der Waals surface area contributed by atoms with E-state index in [2.05, 4.69) is 4.98 Å². The van der Waals surface area contributed by atoms with Crippen LogP contribution in [0.4, 0.5) is 5.69 Å². The van der Waals surface area contributed by atoms with Gasteiger partial charge in [0.25, 0.3) is 0 Å². The molecule has 18 heavy (non-hydrogen) atoms. The predicted molar refractivity (Wildman–Crippen MR) is 72.6 cm³/mol. The highest BCUT2D eigenvalue weighted by atomic mass is 35.5. The number of carboxylic acids is 1. The van der Waals surface area contributed by atoms with E-state index in [1.54, 1.807) is 17.6 Å². The number of aromatic nitrogens is 1. The van der Waals surface area contributed by atoms with Crippen molar-refractivity contribution in [2.75, 3.05) is 11.9 Å². The summed E-state index contributed by atoms with van der Waals surface area (Å²) in [5.74, 6) is -0.988. The van der Waals surface area contributed by atoms with Crippen molar-refractivity contribution in [2.45, 2.75) is 6.54 Å². The number of thiazole rings is 1. The van der Waals surface area contributed by atoms with Gasteiger partial charge in [-0.05, 0) is 18.2 Å². The predicted octanol–water partition coefficient (Wildman–Crippen LogP) is 3.13. The molecule has 1 N–H and O–H groups in total. The van der Waals surface area contributed by atoms with E-state index in [-0.39, 0.29) is 5.56 Å². The first-order valence-electron chi connectivity index (χ1n) is 5.19. The van der Waals surface area contributed by atoms with Crippen LogP contribution in [0.2, 0.25) is 5.02 Å². The first kappa shape index (κ1) is 12.9. The molecule has 0 unspecified atom stereocenters. The van der Waals surface area contributed by atoms with E-state index in [4.69, 9.17) is 16.7 Å². The van der Waals surface area contributed by atoms with Crippen LogP contribution in [0, 0.1) is 0 Å². The summed E-state index contributed by atoms with van der Waals surface area (Å²) in [5, 5.41) is 11.5. The minimum absolute atomic E-state index is 0.195. The van der Waals surface area contributed by atoms with Gasteiger partial charge in [0.15, 0.2) is 0 Å². The van der Waals surface area contributed by atoms with E-state index in [0.29, 0.717) is 17.3 Å². The number of aromatic carboxylic acids is 1. The van der Waals surface area contributed by atoms with Crippen molar-refractivity contribution in [3.8, 4) is 0 Å². The van der Waals surface area contributed by atoms with Gasteiger partial charge in [0.05, 0.1) is 29.0 Å². The van der Waals surface area contributed by atoms with Gasteiger partial charge < -0.3 is 10.0 Å². The van der Waals surface area contributed by atoms with Crippen LogP contribution >= 0.6 is 22.9 Å². The zero-order chi connectivity index (χ0) is 13.1. The van der Waals surface area contributed by atoms with E-state index in [9.17, 15) is 4.79 Å². The summed E-state index contributed by atoms with van der Waals surface area (Å²) in [7, 11) is 1.83. The van der Waals surface area contributed by atoms with Crippen LogP contribution in [-0.4, -0.2) is 23.1 Å². The second kappa shape index (κ2) is 5.37. The molecule has 0 atom stereocenters. The first-order valence-corrected chi connectivity index (χ1v) is 6.51. The molecule has 0 aliphatic heterocycles. The Kier molecular flexibility index (Phi) is 3.84. The Morgan fingerprint density at radius 2 is 2.33 bits per heavy atom. The Morgan fingerprint density at radius 1 is 1.56 bits per heavy atom. The van der Waals surface area contributed by atoms with Crippen LogP contribution in [0.5, 0.6) is 0 Å². The number of nitrogens with zero attached hydrogens (tertiary/aromatic N) is 2. The molecule has 0 spiro atoms. The number of carboxylic acid groups (broad SMARTS) is 1. The third-order valence-electron chi connectivity index (χ3n) is 2.48. The number of carbonyl (C=O) groups is 1. The smallest absolute Gasteiger partial charge is 0.337 e. The summed E-state index contributed by atoms with van der Waals surface area (Å²) in [5.41, 5.74) is 3.48. The molecule has 0 radical (unpaired) electrons. The number of rotatable bonds is 4. The Bertz CT molecular complexity index is 557. The average Bonchev–Trinajstić information content (AvgIpc) is 2.81. The molecule has 0 amide bonds. The highest BCUT2D eigenvalue weighted by molar-refractivity contribution is 7.07. The quantitative estimate of drug-likeness (QED) is 0.936. The van der Waals surface area contributed by atoms with Gasteiger partial charge in [0, 0.05) is 17.5 Å². The molecule has 0 bridgehead atoms. The lowest BCUT2D eigenvalue weighted by Crippen LogP contribution is -2.19. The standard InChI is InChI=1S/C12H11ClN2O2S/c1-15(5-9-6-18-7-14-9)11-3-2-8(13)4-10(11)12(16)17/h2-4,6-7H,5H2,1H3,(H,16,17). The molecule has 0 saturated heterocycles. The molecule has 1 heterocycles. The fourth-order valence-electron chi connectivity index (χ4n) is 1.66. The molecule has 6 heteroatoms. The largest absolute Gasteiger partial charge is 0.478 e. The lowest BCUT2D eigenvalue weighted by Gasteiger charge is -2.20. The fraction of sp³-hybridized carbons (Fsp3) is 0.167. The van der Waals surface area contributed by atoms with Gasteiger partial charge in [-0.1, -0.05) is 11.6 Å². The Hall–Kier alpha value is -1.59. The maximum Gasteiger partial charge on any atom is 0.337 e. The van der Waals surface area contributed by atoms with Crippen LogP contribution in [0.15, 0.2) is 29.1 Å². The highest BCUT2D eigenvalue weighted by Crippen LogP contribution is 2.24. The van der Waals surface area contributed by atoms with Crippen molar-refractivity contribution in [3.05, 3.63) is 45.4 Å². The fourth-order valence-corrected chi connectivity index (χ4v) is 2.38. The zero-order valence-corrected chi connectivity index (χ0v) is 11.2. The Morgan fingerprint density at radius 3 is 2.94 bits per heavy atom. The lowest BCUT2D eigenvalue weighted by atomic mass is 10.1. The molecule has 0 aliphatic rings. The highest BCUT2D eigenvalue weighted by Gasteiger charge is 2.14. The van der Waals surface area contributed by atoms with E-state index in [0.717, 1.165) is 5.69 Å². The molecular weight excluding hydrogens is 272 g/mol. The lowest BCUT2D eigenvalue weighted by molar-refractivity contribution is 0.0697. The van der Waals surface area contributed by atoms with Crippen molar-refractivity contribution < 1.29 is 9.90 Å². The monoisotopic (exact) mass is 282 g/mol. The summed E-state index contributed by atoms with van der Waals surface area (Å²) < 4.78 is 0. The molecule has 1 aromatic heterocycles. The van der Waals surface area contributed by atoms with Gasteiger partial charge in [-0.25, -0.2) is 9.78 Å². The summed E-state index contributed by atoms with van der Waals surface area (Å²) in [6, 6.07) is 4.84. The van der Waals surface area contributed by atoms with Crippen LogP contribution in [0.25, 0.3) is 0 Å². The number of benzene rings is 1. The number of halogens is 1. The normalized spacial score (nSPS) is 10.3. The third-order valence-corrected chi connectivity index (χ3v) is 3.35. The van der Waals surface area contributed by atoms with Crippen molar-refractivity contribution in [1.29, 1.82) is 0 Å². The summed E-state index contributed by atoms with van der Waals surface area (Å²) >= 11 is 7.33. The number of anilines is 1. The molecule has 0 fully saturated rings. The summed E-state index contributed by atoms with van der Waals surface area (Å²) in [6.45, 7) is 0.561. The SMILES string of the molecule is CN(Cc1cscn1)c1ccc(Cl)cc1C(=O)O. The maximum absolute atomic E-state index is 11.2. The van der Waals surface area contributed by atoms with Crippen LogP contribution < -0.4 is 4.90 Å². The van der Waals surface area contributed by atoms with Gasteiger partial charge in [-0.3, -0.25) is 0 Å². The van der Waals surface area contributed by atoms with Gasteiger partial charge >= 0.3 is 5.97 Å². The van der Waals surface area contributed by atoms with Crippen molar-refractivity contribution in [2.24, 2.45) is 0 Å². The molecule has 94 valence electrons. The van der Waals surface area contributed by atoms with Crippen molar-refractivity contribution in [3.63, 3.8) is 0 Å². The molecule has 2 aromatic rings. The van der Waals surface area contributed by atoms with Crippen LogP contribution in [-0.2, 0) is 6.54 Å². The minimum atomic E-state index is -0.988. The average molecular weight is 283 g/mol. The second-order valence-electron chi connectivity index (χ2n) is 3.80. The Labute approximate surface area is 113 Å². The van der Waals surface area contributed by atoms with E-state index in [1.807, 2.05) is 17.3 Å². The summed E-state index contributed by atoms with van der Waals surface area (Å²) in [4.78, 5) is 17.2. The molecule has 1 aromatic carbocycles. The maximum atomic E-state index is 11.2. The Balaban J connectivity index is 2.29. The molecule has 4 nitrogen and oxygen atoms in total. The van der Waals surface area contributed by atoms with Gasteiger partial charge in [-0.15, -0.1) is 11.3 Å². The third kappa shape index (κ3) is 2.80. The van der Waals surface area contributed by atoms with Gasteiger partial charge in [-0.2, -0.15) is 0 Å². The summed E-state index contributed by atoms with van der Waals surface area (Å²) in [6.07, 6.45) is 0. The molecule has 0 saturated carbocycles. The second-order valence-corrected chi connectivity index (χ2v) is 4.96. The number of hydrogen-bond donors (Lipinski definition) is 1. The molecule has 0 aliphatic carbocycles. The van der Waals surface area contributed by atoms with Crippen molar-refractivity contribution >= 4 is 34.6 Å². The first-order chi connectivity index (χ1) is 8.58. The van der Waals surface area contributed by atoms with Crippen molar-refractivity contribution in [1.82, 2.24) is 4.98 Å². The number of hydrogen-bond acceptors (Lipinski definition) is 4. The van der Waals surface area contributed by atoms with E-state index >= 15 is 0 Å². The van der Waals surface area contributed by atoms with E-state index in [1.165, 1.54) is 17.4 Å². The topological polar surface area (TPSA) is 53.4 Å².